The van der Waals surface area contributed by atoms with Crippen molar-refractivity contribution < 1.29 is 8.42 Å². The maximum atomic E-state index is 12.2. The molecule has 1 aromatic heterocycles. The average molecular weight is 374 g/mol. The van der Waals surface area contributed by atoms with Gasteiger partial charge in [0.2, 0.25) is 0 Å². The van der Waals surface area contributed by atoms with Gasteiger partial charge in [-0.25, -0.2) is 8.42 Å². The van der Waals surface area contributed by atoms with E-state index in [1.807, 2.05) is 12.1 Å². The number of nitrogens with two attached hydrogens (primary N) is 1. The number of benzene rings is 1. The molecule has 0 aliphatic rings. The average Bonchev–Trinajstić information content (AvgIpc) is 2.32. The van der Waals surface area contributed by atoms with Crippen molar-refractivity contribution in [1.29, 1.82) is 0 Å². The minimum absolute atomic E-state index is 0.0574. The van der Waals surface area contributed by atoms with Crippen LogP contribution in [0.15, 0.2) is 47.6 Å². The highest BCUT2D eigenvalue weighted by Gasteiger charge is 2.18. The molecule has 0 unspecified atom stereocenters. The van der Waals surface area contributed by atoms with Crippen LogP contribution in [0.25, 0.3) is 0 Å². The second-order valence-electron chi connectivity index (χ2n) is 3.80. The first-order valence-corrected chi connectivity index (χ1v) is 7.89. The highest BCUT2D eigenvalue weighted by Crippen LogP contribution is 2.21. The lowest BCUT2D eigenvalue weighted by Crippen LogP contribution is -2.08. The van der Waals surface area contributed by atoms with Crippen LogP contribution in [-0.4, -0.2) is 13.4 Å². The van der Waals surface area contributed by atoms with Gasteiger partial charge in [-0.15, -0.1) is 0 Å². The first-order chi connectivity index (χ1) is 8.49. The molecule has 94 valence electrons. The summed E-state index contributed by atoms with van der Waals surface area (Å²) >= 11 is 2.17. The van der Waals surface area contributed by atoms with Gasteiger partial charge in [-0.3, -0.25) is 4.98 Å². The van der Waals surface area contributed by atoms with E-state index in [9.17, 15) is 8.42 Å². The van der Waals surface area contributed by atoms with Gasteiger partial charge >= 0.3 is 0 Å². The summed E-state index contributed by atoms with van der Waals surface area (Å²) in [6.07, 6.45) is 2.78. The molecular formula is C12H11IN2O2S. The Morgan fingerprint density at radius 3 is 2.44 bits per heavy atom. The lowest BCUT2D eigenvalue weighted by Gasteiger charge is -2.07. The van der Waals surface area contributed by atoms with Crippen LogP contribution in [0.2, 0.25) is 0 Å². The van der Waals surface area contributed by atoms with Crippen LogP contribution in [-0.2, 0) is 15.6 Å². The van der Waals surface area contributed by atoms with Crippen LogP contribution in [0.1, 0.15) is 5.56 Å². The minimum atomic E-state index is -3.42. The fourth-order valence-corrected chi connectivity index (χ4v) is 3.38. The molecule has 0 atom stereocenters. The molecule has 0 radical (unpaired) electrons. The van der Waals surface area contributed by atoms with E-state index in [4.69, 9.17) is 5.73 Å². The number of rotatable bonds is 3. The summed E-state index contributed by atoms with van der Waals surface area (Å²) in [6.45, 7) is 0. The fraction of sp³-hybridized carbons (Fsp3) is 0.0833. The zero-order valence-corrected chi connectivity index (χ0v) is 12.3. The molecule has 6 heteroatoms. The van der Waals surface area contributed by atoms with E-state index in [0.717, 1.165) is 9.13 Å². The molecule has 0 bridgehead atoms. The number of hydrogen-bond acceptors (Lipinski definition) is 4. The maximum Gasteiger partial charge on any atom is 0.184 e. The Morgan fingerprint density at radius 2 is 1.83 bits per heavy atom. The van der Waals surface area contributed by atoms with Crippen molar-refractivity contribution in [3.63, 3.8) is 0 Å². The molecule has 18 heavy (non-hydrogen) atoms. The second kappa shape index (κ2) is 5.23. The van der Waals surface area contributed by atoms with Crippen molar-refractivity contribution >= 4 is 38.1 Å². The number of nitrogens with zero attached hydrogens (tertiary/aromatic N) is 1. The number of aromatic nitrogens is 1. The smallest absolute Gasteiger partial charge is 0.184 e. The van der Waals surface area contributed by atoms with Crippen molar-refractivity contribution in [2.45, 2.75) is 10.6 Å². The lowest BCUT2D eigenvalue weighted by atomic mass is 10.2. The Kier molecular flexibility index (Phi) is 3.86. The largest absolute Gasteiger partial charge is 0.396 e. The van der Waals surface area contributed by atoms with E-state index in [2.05, 4.69) is 27.6 Å². The number of sulfone groups is 1. The normalized spacial score (nSPS) is 11.4. The van der Waals surface area contributed by atoms with Crippen molar-refractivity contribution in [3.05, 3.63) is 51.9 Å². The van der Waals surface area contributed by atoms with Gasteiger partial charge in [-0.2, -0.15) is 0 Å². The van der Waals surface area contributed by atoms with E-state index in [0.29, 0.717) is 0 Å². The first-order valence-electron chi connectivity index (χ1n) is 5.16. The molecule has 0 spiro atoms. The minimum Gasteiger partial charge on any atom is -0.396 e. The standard InChI is InChI=1S/C12H11IN2O2S/c13-10-3-1-9(2-4-10)8-18(16,17)12-5-6-15-7-11(12)14/h1-7H,8,14H2. The van der Waals surface area contributed by atoms with Gasteiger partial charge in [0.05, 0.1) is 22.5 Å². The predicted octanol–water partition coefficient (Wildman–Crippen LogP) is 2.24. The zero-order valence-electron chi connectivity index (χ0n) is 9.38. The number of hydrogen-bond donors (Lipinski definition) is 1. The van der Waals surface area contributed by atoms with Crippen molar-refractivity contribution in [2.24, 2.45) is 0 Å². The third kappa shape index (κ3) is 2.99. The molecule has 2 N–H and O–H groups in total. The summed E-state index contributed by atoms with van der Waals surface area (Å²) < 4.78 is 25.5. The third-order valence-corrected chi connectivity index (χ3v) is 4.89. The molecule has 1 aromatic carbocycles. The summed E-state index contributed by atoms with van der Waals surface area (Å²) in [7, 11) is -3.42. The Morgan fingerprint density at radius 1 is 1.17 bits per heavy atom. The topological polar surface area (TPSA) is 73.0 Å². The molecule has 0 aliphatic carbocycles. The molecule has 0 fully saturated rings. The molecule has 0 aliphatic heterocycles. The fourth-order valence-electron chi connectivity index (χ4n) is 1.55. The maximum absolute atomic E-state index is 12.2. The van der Waals surface area contributed by atoms with Gasteiger partial charge in [0.1, 0.15) is 0 Å². The zero-order chi connectivity index (χ0) is 13.2. The molecule has 0 saturated carbocycles. The van der Waals surface area contributed by atoms with Crippen molar-refractivity contribution in [3.8, 4) is 0 Å². The Hall–Kier alpha value is -1.15. The molecule has 0 saturated heterocycles. The first kappa shape index (κ1) is 13.3. The van der Waals surface area contributed by atoms with Crippen LogP contribution in [0.5, 0.6) is 0 Å². The van der Waals surface area contributed by atoms with Crippen LogP contribution >= 0.6 is 22.6 Å². The van der Waals surface area contributed by atoms with Crippen LogP contribution in [0.4, 0.5) is 5.69 Å². The van der Waals surface area contributed by atoms with Crippen LogP contribution < -0.4 is 5.73 Å². The molecule has 0 amide bonds. The van der Waals surface area contributed by atoms with Gasteiger partial charge in [0.15, 0.2) is 9.84 Å². The van der Waals surface area contributed by atoms with Gasteiger partial charge < -0.3 is 5.73 Å². The SMILES string of the molecule is Nc1cnccc1S(=O)(=O)Cc1ccc(I)cc1. The van der Waals surface area contributed by atoms with Crippen molar-refractivity contribution in [1.82, 2.24) is 4.98 Å². The second-order valence-corrected chi connectivity index (χ2v) is 7.00. The van der Waals surface area contributed by atoms with Crippen LogP contribution in [0, 0.1) is 3.57 Å². The summed E-state index contributed by atoms with van der Waals surface area (Å²) in [5, 5.41) is 0. The lowest BCUT2D eigenvalue weighted by molar-refractivity contribution is 0.595. The van der Waals surface area contributed by atoms with E-state index < -0.39 is 9.84 Å². The quantitative estimate of drug-likeness (QED) is 0.837. The third-order valence-electron chi connectivity index (χ3n) is 2.42. The van der Waals surface area contributed by atoms with Gasteiger partial charge in [-0.1, -0.05) is 12.1 Å². The van der Waals surface area contributed by atoms with Gasteiger partial charge in [0.25, 0.3) is 0 Å². The molecule has 1 heterocycles. The monoisotopic (exact) mass is 374 g/mol. The number of anilines is 1. The van der Waals surface area contributed by atoms with Crippen LogP contribution in [0.3, 0.4) is 0 Å². The van der Waals surface area contributed by atoms with E-state index in [1.165, 1.54) is 18.5 Å². The summed E-state index contributed by atoms with van der Waals surface area (Å²) in [5.74, 6) is -0.0574. The van der Waals surface area contributed by atoms with Crippen molar-refractivity contribution in [2.75, 3.05) is 5.73 Å². The summed E-state index contributed by atoms with van der Waals surface area (Å²) in [5.41, 5.74) is 6.57. The Balaban J connectivity index is 2.33. The summed E-state index contributed by atoms with van der Waals surface area (Å²) in [4.78, 5) is 3.92. The summed E-state index contributed by atoms with van der Waals surface area (Å²) in [6, 6.07) is 8.79. The van der Waals surface area contributed by atoms with Gasteiger partial charge in [0, 0.05) is 9.77 Å². The molecule has 4 nitrogen and oxygen atoms in total. The molecule has 2 rings (SSSR count). The Labute approximate surface area is 119 Å². The van der Waals surface area contributed by atoms with E-state index in [1.54, 1.807) is 12.1 Å². The number of nitrogen functional groups attached to an aromatic ring is 1. The molecule has 2 aromatic rings. The number of halogens is 1. The van der Waals surface area contributed by atoms with E-state index in [-0.39, 0.29) is 16.3 Å². The van der Waals surface area contributed by atoms with Gasteiger partial charge in [-0.05, 0) is 46.4 Å². The highest BCUT2D eigenvalue weighted by atomic mass is 127. The van der Waals surface area contributed by atoms with E-state index >= 15 is 0 Å². The predicted molar refractivity (Wildman–Crippen MR) is 78.7 cm³/mol. The molecular weight excluding hydrogens is 363 g/mol. The highest BCUT2D eigenvalue weighted by molar-refractivity contribution is 14.1. The number of pyridine rings is 1. The Bertz CT molecular complexity index is 654.